The molecule has 1 heterocycles. The van der Waals surface area contributed by atoms with Crippen LogP contribution in [-0.4, -0.2) is 48.9 Å². The Kier molecular flexibility index (Phi) is 5.22. The number of likely N-dealkylation sites (tertiary alicyclic amines) is 1. The van der Waals surface area contributed by atoms with Crippen molar-refractivity contribution < 1.29 is 13.2 Å². The molecule has 2 nitrogen and oxygen atoms in total. The fourth-order valence-corrected chi connectivity index (χ4v) is 2.09. The Bertz CT molecular complexity index is 179. The summed E-state index contributed by atoms with van der Waals surface area (Å²) >= 11 is 0.0498. The van der Waals surface area contributed by atoms with Gasteiger partial charge in [-0.15, -0.1) is 0 Å². The third kappa shape index (κ3) is 6.27. The number of nitrogens with zero attached hydrogens (tertiary/aromatic N) is 1. The Hall–Kier alpha value is 0.0600. The van der Waals surface area contributed by atoms with Crippen molar-refractivity contribution in [2.24, 2.45) is 0 Å². The summed E-state index contributed by atoms with van der Waals surface area (Å²) < 4.78 is 35.4. The first-order chi connectivity index (χ1) is 6.97. The van der Waals surface area contributed by atoms with Crippen LogP contribution in [0.15, 0.2) is 0 Å². The molecule has 6 heteroatoms. The molecule has 1 aliphatic rings. The first-order valence-corrected chi connectivity index (χ1v) is 6.08. The van der Waals surface area contributed by atoms with E-state index in [0.29, 0.717) is 12.6 Å². The highest BCUT2D eigenvalue weighted by molar-refractivity contribution is 8.00. The summed E-state index contributed by atoms with van der Waals surface area (Å²) in [7, 11) is 2.07. The Balaban J connectivity index is 2.01. The Morgan fingerprint density at radius 3 is 2.47 bits per heavy atom. The maximum atomic E-state index is 11.8. The van der Waals surface area contributed by atoms with Gasteiger partial charge >= 0.3 is 5.51 Å². The van der Waals surface area contributed by atoms with Crippen LogP contribution >= 0.6 is 11.8 Å². The van der Waals surface area contributed by atoms with Gasteiger partial charge in [0.05, 0.1) is 0 Å². The van der Waals surface area contributed by atoms with Crippen LogP contribution in [0.4, 0.5) is 13.2 Å². The van der Waals surface area contributed by atoms with Crippen LogP contribution in [0.3, 0.4) is 0 Å². The molecular weight excluding hydrogens is 225 g/mol. The second kappa shape index (κ2) is 5.96. The third-order valence-corrected chi connectivity index (χ3v) is 3.25. The summed E-state index contributed by atoms with van der Waals surface area (Å²) in [5.74, 6) is 0.107. The van der Waals surface area contributed by atoms with E-state index in [2.05, 4.69) is 17.3 Å². The number of nitrogens with one attached hydrogen (secondary N) is 1. The first-order valence-electron chi connectivity index (χ1n) is 5.10. The van der Waals surface area contributed by atoms with Gasteiger partial charge < -0.3 is 10.2 Å². The smallest absolute Gasteiger partial charge is 0.313 e. The molecule has 0 radical (unpaired) electrons. The van der Waals surface area contributed by atoms with E-state index in [1.165, 1.54) is 0 Å². The van der Waals surface area contributed by atoms with Crippen molar-refractivity contribution >= 4 is 11.8 Å². The maximum absolute atomic E-state index is 11.8. The number of rotatable bonds is 4. The van der Waals surface area contributed by atoms with E-state index in [0.717, 1.165) is 25.9 Å². The fourth-order valence-electron chi connectivity index (χ4n) is 1.64. The van der Waals surface area contributed by atoms with E-state index >= 15 is 0 Å². The van der Waals surface area contributed by atoms with Gasteiger partial charge in [0.2, 0.25) is 0 Å². The lowest BCUT2D eigenvalue weighted by Crippen LogP contribution is -2.41. The van der Waals surface area contributed by atoms with Crippen LogP contribution < -0.4 is 5.32 Å². The Morgan fingerprint density at radius 2 is 1.93 bits per heavy atom. The average molecular weight is 242 g/mol. The minimum atomic E-state index is -4.09. The van der Waals surface area contributed by atoms with E-state index in [-0.39, 0.29) is 17.5 Å². The topological polar surface area (TPSA) is 15.3 Å². The number of hydrogen-bond acceptors (Lipinski definition) is 3. The zero-order valence-corrected chi connectivity index (χ0v) is 9.63. The van der Waals surface area contributed by atoms with Crippen molar-refractivity contribution in [3.63, 3.8) is 0 Å². The molecule has 0 bridgehead atoms. The molecule has 90 valence electrons. The van der Waals surface area contributed by atoms with Crippen molar-refractivity contribution in [1.82, 2.24) is 10.2 Å². The second-order valence-corrected chi connectivity index (χ2v) is 4.99. The molecule has 1 rings (SSSR count). The van der Waals surface area contributed by atoms with Gasteiger partial charge in [0, 0.05) is 18.3 Å². The molecule has 0 spiro atoms. The average Bonchev–Trinajstić information content (AvgIpc) is 2.14. The van der Waals surface area contributed by atoms with Crippen LogP contribution in [0.25, 0.3) is 0 Å². The van der Waals surface area contributed by atoms with Crippen molar-refractivity contribution in [1.29, 1.82) is 0 Å². The number of thioether (sulfide) groups is 1. The van der Waals surface area contributed by atoms with Crippen molar-refractivity contribution in [2.45, 2.75) is 24.4 Å². The van der Waals surface area contributed by atoms with Crippen LogP contribution in [0.1, 0.15) is 12.8 Å². The molecule has 1 saturated heterocycles. The van der Waals surface area contributed by atoms with Crippen LogP contribution in [0.2, 0.25) is 0 Å². The van der Waals surface area contributed by atoms with Gasteiger partial charge in [0.15, 0.2) is 0 Å². The van der Waals surface area contributed by atoms with E-state index in [4.69, 9.17) is 0 Å². The zero-order valence-electron chi connectivity index (χ0n) is 8.81. The molecule has 1 fully saturated rings. The predicted molar refractivity (Wildman–Crippen MR) is 57.0 cm³/mol. The minimum Gasteiger partial charge on any atom is -0.313 e. The molecule has 0 saturated carbocycles. The van der Waals surface area contributed by atoms with Crippen LogP contribution in [0, 0.1) is 0 Å². The summed E-state index contributed by atoms with van der Waals surface area (Å²) in [5.41, 5.74) is -4.09. The molecule has 1 N–H and O–H groups in total. The quantitative estimate of drug-likeness (QED) is 0.758. The molecule has 0 aromatic heterocycles. The molecule has 15 heavy (non-hydrogen) atoms. The highest BCUT2D eigenvalue weighted by Crippen LogP contribution is 2.29. The Morgan fingerprint density at radius 1 is 1.33 bits per heavy atom. The number of piperidine rings is 1. The SMILES string of the molecule is CN1CCC(NCCSC(F)(F)F)CC1. The molecule has 0 atom stereocenters. The van der Waals surface area contributed by atoms with Gasteiger partial charge in [0.25, 0.3) is 0 Å². The largest absolute Gasteiger partial charge is 0.441 e. The number of hydrogen-bond donors (Lipinski definition) is 1. The standard InChI is InChI=1S/C9H17F3N2S/c1-14-5-2-8(3-6-14)13-4-7-15-9(10,11)12/h8,13H,2-7H2,1H3. The van der Waals surface area contributed by atoms with Gasteiger partial charge in [-0.2, -0.15) is 13.2 Å². The van der Waals surface area contributed by atoms with Gasteiger partial charge in [-0.25, -0.2) is 0 Å². The van der Waals surface area contributed by atoms with Crippen molar-refractivity contribution in [2.75, 3.05) is 32.4 Å². The minimum absolute atomic E-state index is 0.0498. The molecule has 0 amide bonds. The summed E-state index contributed by atoms with van der Waals surface area (Å²) in [5, 5.41) is 3.17. The third-order valence-electron chi connectivity index (χ3n) is 2.52. The highest BCUT2D eigenvalue weighted by atomic mass is 32.2. The number of alkyl halides is 3. The zero-order chi connectivity index (χ0) is 11.3. The fraction of sp³-hybridized carbons (Fsp3) is 1.00. The van der Waals surface area contributed by atoms with Gasteiger partial charge in [-0.05, 0) is 44.7 Å². The number of halogens is 3. The van der Waals surface area contributed by atoms with Crippen molar-refractivity contribution in [3.05, 3.63) is 0 Å². The van der Waals surface area contributed by atoms with Gasteiger partial charge in [-0.1, -0.05) is 0 Å². The summed E-state index contributed by atoms with van der Waals surface area (Å²) in [6, 6.07) is 0.398. The van der Waals surface area contributed by atoms with Crippen LogP contribution in [0.5, 0.6) is 0 Å². The Labute approximate surface area is 92.6 Å². The van der Waals surface area contributed by atoms with Crippen molar-refractivity contribution in [3.8, 4) is 0 Å². The lowest BCUT2D eigenvalue weighted by molar-refractivity contribution is -0.0327. The van der Waals surface area contributed by atoms with E-state index in [1.807, 2.05) is 0 Å². The monoisotopic (exact) mass is 242 g/mol. The van der Waals surface area contributed by atoms with E-state index < -0.39 is 5.51 Å². The molecule has 0 unspecified atom stereocenters. The normalized spacial score (nSPS) is 20.8. The second-order valence-electron chi connectivity index (χ2n) is 3.83. The van der Waals surface area contributed by atoms with E-state index in [9.17, 15) is 13.2 Å². The summed E-state index contributed by atoms with van der Waals surface area (Å²) in [6.07, 6.45) is 2.07. The van der Waals surface area contributed by atoms with Gasteiger partial charge in [-0.3, -0.25) is 0 Å². The molecular formula is C9H17F3N2S. The molecule has 0 aliphatic carbocycles. The summed E-state index contributed by atoms with van der Waals surface area (Å²) in [6.45, 7) is 2.51. The van der Waals surface area contributed by atoms with E-state index in [1.54, 1.807) is 0 Å². The lowest BCUT2D eigenvalue weighted by atomic mass is 10.1. The summed E-state index contributed by atoms with van der Waals surface area (Å²) in [4.78, 5) is 2.24. The maximum Gasteiger partial charge on any atom is 0.441 e. The van der Waals surface area contributed by atoms with Gasteiger partial charge in [0.1, 0.15) is 0 Å². The first kappa shape index (κ1) is 13.1. The molecule has 0 aromatic rings. The highest BCUT2D eigenvalue weighted by Gasteiger charge is 2.27. The molecule has 0 aromatic carbocycles. The lowest BCUT2D eigenvalue weighted by Gasteiger charge is -2.29. The molecule has 1 aliphatic heterocycles. The predicted octanol–water partition coefficient (Wildman–Crippen LogP) is 1.92. The van der Waals surface area contributed by atoms with Crippen LogP contribution in [-0.2, 0) is 0 Å².